The van der Waals surface area contributed by atoms with Gasteiger partial charge in [0, 0.05) is 38.0 Å². The fraction of sp³-hybridized carbons (Fsp3) is 0.462. The number of hydrogen-bond acceptors (Lipinski definition) is 4. The summed E-state index contributed by atoms with van der Waals surface area (Å²) in [4.78, 5) is 16.1. The van der Waals surface area contributed by atoms with Crippen LogP contribution in [0.5, 0.6) is 0 Å². The summed E-state index contributed by atoms with van der Waals surface area (Å²) in [7, 11) is 0. The van der Waals surface area contributed by atoms with E-state index < -0.39 is 0 Å². The number of carbonyl (C=O) groups excluding carboxylic acids is 1. The van der Waals surface area contributed by atoms with Crippen LogP contribution in [0, 0.1) is 12.8 Å². The SMILES string of the molecule is Cc1cc(C(=O)NCC2CCn3ccnc3C2)on1. The molecule has 3 heterocycles. The zero-order valence-electron chi connectivity index (χ0n) is 10.8. The smallest absolute Gasteiger partial charge is 0.289 e. The van der Waals surface area contributed by atoms with Crippen LogP contribution >= 0.6 is 0 Å². The van der Waals surface area contributed by atoms with Crippen molar-refractivity contribution >= 4 is 5.91 Å². The number of fused-ring (bicyclic) bond motifs is 1. The van der Waals surface area contributed by atoms with Gasteiger partial charge < -0.3 is 14.4 Å². The molecule has 0 aromatic carbocycles. The molecule has 0 aliphatic carbocycles. The van der Waals surface area contributed by atoms with Gasteiger partial charge in [-0.1, -0.05) is 5.16 Å². The fourth-order valence-electron chi connectivity index (χ4n) is 2.38. The minimum atomic E-state index is -0.200. The van der Waals surface area contributed by atoms with Crippen molar-refractivity contribution in [1.82, 2.24) is 20.0 Å². The Labute approximate surface area is 110 Å². The number of carbonyl (C=O) groups is 1. The highest BCUT2D eigenvalue weighted by Crippen LogP contribution is 2.18. The lowest BCUT2D eigenvalue weighted by Gasteiger charge is -2.23. The fourth-order valence-corrected chi connectivity index (χ4v) is 2.38. The maximum atomic E-state index is 11.8. The van der Waals surface area contributed by atoms with Crippen LogP contribution in [-0.2, 0) is 13.0 Å². The zero-order valence-corrected chi connectivity index (χ0v) is 10.8. The van der Waals surface area contributed by atoms with Crippen LogP contribution in [0.4, 0.5) is 0 Å². The summed E-state index contributed by atoms with van der Waals surface area (Å²) in [6.45, 7) is 3.41. The highest BCUT2D eigenvalue weighted by atomic mass is 16.5. The molecule has 1 amide bonds. The van der Waals surface area contributed by atoms with Crippen LogP contribution in [0.2, 0.25) is 0 Å². The lowest BCUT2D eigenvalue weighted by molar-refractivity contribution is 0.0907. The molecule has 0 saturated heterocycles. The molecule has 100 valence electrons. The predicted octanol–water partition coefficient (Wildman–Crippen LogP) is 1.17. The molecule has 6 heteroatoms. The molecule has 0 fully saturated rings. The Bertz CT molecular complexity index is 587. The Morgan fingerprint density at radius 1 is 1.63 bits per heavy atom. The van der Waals surface area contributed by atoms with Crippen LogP contribution in [0.1, 0.15) is 28.5 Å². The highest BCUT2D eigenvalue weighted by molar-refractivity contribution is 5.91. The van der Waals surface area contributed by atoms with E-state index in [0.717, 1.165) is 25.2 Å². The normalized spacial score (nSPS) is 18.1. The summed E-state index contributed by atoms with van der Waals surface area (Å²) >= 11 is 0. The van der Waals surface area contributed by atoms with Crippen LogP contribution in [0.3, 0.4) is 0 Å². The highest BCUT2D eigenvalue weighted by Gasteiger charge is 2.20. The van der Waals surface area contributed by atoms with E-state index in [1.807, 2.05) is 12.4 Å². The van der Waals surface area contributed by atoms with Gasteiger partial charge in [-0.25, -0.2) is 4.98 Å². The van der Waals surface area contributed by atoms with Gasteiger partial charge in [0.25, 0.3) is 5.91 Å². The summed E-state index contributed by atoms with van der Waals surface area (Å²) < 4.78 is 7.10. The van der Waals surface area contributed by atoms with Crippen LogP contribution in [0.25, 0.3) is 0 Å². The van der Waals surface area contributed by atoms with Crippen molar-refractivity contribution in [3.63, 3.8) is 0 Å². The first-order valence-electron chi connectivity index (χ1n) is 6.44. The zero-order chi connectivity index (χ0) is 13.2. The minimum absolute atomic E-state index is 0.200. The second-order valence-corrected chi connectivity index (χ2v) is 4.94. The van der Waals surface area contributed by atoms with E-state index in [1.54, 1.807) is 13.0 Å². The van der Waals surface area contributed by atoms with E-state index in [9.17, 15) is 4.79 Å². The van der Waals surface area contributed by atoms with Crippen molar-refractivity contribution < 1.29 is 9.32 Å². The summed E-state index contributed by atoms with van der Waals surface area (Å²) in [5, 5.41) is 6.60. The van der Waals surface area contributed by atoms with Gasteiger partial charge >= 0.3 is 0 Å². The summed E-state index contributed by atoms with van der Waals surface area (Å²) in [5.41, 5.74) is 0.713. The Morgan fingerprint density at radius 3 is 3.32 bits per heavy atom. The number of imidazole rings is 1. The number of hydrogen-bond donors (Lipinski definition) is 1. The van der Waals surface area contributed by atoms with Crippen LogP contribution < -0.4 is 5.32 Å². The van der Waals surface area contributed by atoms with Gasteiger partial charge in [-0.2, -0.15) is 0 Å². The molecule has 19 heavy (non-hydrogen) atoms. The number of aryl methyl sites for hydroxylation is 2. The first kappa shape index (κ1) is 12.0. The van der Waals surface area contributed by atoms with E-state index in [2.05, 4.69) is 20.0 Å². The molecule has 2 aromatic rings. The number of nitrogens with zero attached hydrogens (tertiary/aromatic N) is 3. The Hall–Kier alpha value is -2.11. The van der Waals surface area contributed by atoms with Crippen molar-refractivity contribution in [2.45, 2.75) is 26.3 Å². The van der Waals surface area contributed by atoms with Crippen molar-refractivity contribution in [3.8, 4) is 0 Å². The van der Waals surface area contributed by atoms with E-state index in [4.69, 9.17) is 4.52 Å². The summed E-state index contributed by atoms with van der Waals surface area (Å²) in [6.07, 6.45) is 5.79. The molecule has 0 spiro atoms. The van der Waals surface area contributed by atoms with Crippen LogP contribution in [0.15, 0.2) is 23.0 Å². The molecule has 2 aromatic heterocycles. The van der Waals surface area contributed by atoms with E-state index in [0.29, 0.717) is 18.2 Å². The molecular weight excluding hydrogens is 244 g/mol. The van der Waals surface area contributed by atoms with Gasteiger partial charge in [0.15, 0.2) is 0 Å². The van der Waals surface area contributed by atoms with Gasteiger partial charge in [-0.05, 0) is 19.3 Å². The van der Waals surface area contributed by atoms with Gasteiger partial charge in [-0.15, -0.1) is 0 Å². The molecule has 1 atom stereocenters. The second kappa shape index (κ2) is 4.87. The first-order valence-corrected chi connectivity index (χ1v) is 6.44. The monoisotopic (exact) mass is 260 g/mol. The van der Waals surface area contributed by atoms with Gasteiger partial charge in [-0.3, -0.25) is 4.79 Å². The van der Waals surface area contributed by atoms with Gasteiger partial charge in [0.05, 0.1) is 5.69 Å². The third-order valence-corrected chi connectivity index (χ3v) is 3.45. The van der Waals surface area contributed by atoms with Crippen molar-refractivity contribution in [2.75, 3.05) is 6.54 Å². The molecule has 1 unspecified atom stereocenters. The van der Waals surface area contributed by atoms with Gasteiger partial charge in [0.1, 0.15) is 5.82 Å². The van der Waals surface area contributed by atoms with Crippen molar-refractivity contribution in [1.29, 1.82) is 0 Å². The lowest BCUT2D eigenvalue weighted by atomic mass is 9.98. The third kappa shape index (κ3) is 2.52. The molecular formula is C13H16N4O2. The quantitative estimate of drug-likeness (QED) is 0.899. The minimum Gasteiger partial charge on any atom is -0.351 e. The van der Waals surface area contributed by atoms with E-state index in [-0.39, 0.29) is 11.7 Å². The Balaban J connectivity index is 1.55. The molecule has 1 aliphatic heterocycles. The maximum absolute atomic E-state index is 11.8. The number of nitrogens with one attached hydrogen (secondary N) is 1. The second-order valence-electron chi connectivity index (χ2n) is 4.94. The molecule has 0 bridgehead atoms. The largest absolute Gasteiger partial charge is 0.351 e. The van der Waals surface area contributed by atoms with Crippen LogP contribution in [-0.4, -0.2) is 27.2 Å². The summed E-state index contributed by atoms with van der Waals surface area (Å²) in [6, 6.07) is 1.64. The molecule has 6 nitrogen and oxygen atoms in total. The molecule has 1 aliphatic rings. The predicted molar refractivity (Wildman–Crippen MR) is 67.6 cm³/mol. The number of rotatable bonds is 3. The third-order valence-electron chi connectivity index (χ3n) is 3.45. The Kier molecular flexibility index (Phi) is 3.06. The molecule has 3 rings (SSSR count). The maximum Gasteiger partial charge on any atom is 0.289 e. The average Bonchev–Trinajstić information content (AvgIpc) is 3.03. The Morgan fingerprint density at radius 2 is 2.53 bits per heavy atom. The topological polar surface area (TPSA) is 73.0 Å². The molecule has 1 N–H and O–H groups in total. The lowest BCUT2D eigenvalue weighted by Crippen LogP contribution is -2.33. The first-order chi connectivity index (χ1) is 9.22. The van der Waals surface area contributed by atoms with Crippen molar-refractivity contribution in [2.24, 2.45) is 5.92 Å². The average molecular weight is 260 g/mol. The van der Waals surface area contributed by atoms with Gasteiger partial charge in [0.2, 0.25) is 5.76 Å². The van der Waals surface area contributed by atoms with E-state index >= 15 is 0 Å². The van der Waals surface area contributed by atoms with Crippen molar-refractivity contribution in [3.05, 3.63) is 35.7 Å². The number of amides is 1. The summed E-state index contributed by atoms with van der Waals surface area (Å²) in [5.74, 6) is 1.60. The molecule has 0 radical (unpaired) electrons. The molecule has 0 saturated carbocycles. The number of aromatic nitrogens is 3. The van der Waals surface area contributed by atoms with E-state index in [1.165, 1.54) is 0 Å². The standard InChI is InChI=1S/C13H16N4O2/c1-9-6-11(19-16-9)13(18)15-8-10-2-4-17-5-3-14-12(17)7-10/h3,5-6,10H,2,4,7-8H2,1H3,(H,15,18).